The van der Waals surface area contributed by atoms with Crippen molar-refractivity contribution >= 4 is 0 Å². The quantitative estimate of drug-likeness (QED) is 0.716. The highest BCUT2D eigenvalue weighted by molar-refractivity contribution is 5.02. The van der Waals surface area contributed by atoms with Crippen molar-refractivity contribution in [2.45, 2.75) is 38.8 Å². The molecule has 1 saturated carbocycles. The fourth-order valence-electron chi connectivity index (χ4n) is 1.50. The molecular formula is C8H14N4. The van der Waals surface area contributed by atoms with Crippen molar-refractivity contribution < 1.29 is 0 Å². The van der Waals surface area contributed by atoms with Gasteiger partial charge in [0.1, 0.15) is 11.6 Å². The van der Waals surface area contributed by atoms with E-state index in [9.17, 15) is 0 Å². The standard InChI is InChI=1S/C8H14N4/c1-2-7-10-11-8(5-9)12(7)6-3-4-6/h6H,2-5,9H2,1H3. The van der Waals surface area contributed by atoms with E-state index in [2.05, 4.69) is 21.7 Å². The van der Waals surface area contributed by atoms with Crippen LogP contribution in [0.4, 0.5) is 0 Å². The lowest BCUT2D eigenvalue weighted by atomic mass is 10.4. The molecule has 1 aliphatic rings. The lowest BCUT2D eigenvalue weighted by Crippen LogP contribution is -2.09. The van der Waals surface area contributed by atoms with E-state index >= 15 is 0 Å². The molecule has 12 heavy (non-hydrogen) atoms. The van der Waals surface area contributed by atoms with E-state index in [1.165, 1.54) is 12.8 Å². The Morgan fingerprint density at radius 1 is 1.42 bits per heavy atom. The highest BCUT2D eigenvalue weighted by Gasteiger charge is 2.28. The molecule has 0 unspecified atom stereocenters. The number of aryl methyl sites for hydroxylation is 1. The molecule has 0 bridgehead atoms. The van der Waals surface area contributed by atoms with Crippen LogP contribution in [0.5, 0.6) is 0 Å². The zero-order valence-corrected chi connectivity index (χ0v) is 7.32. The average molecular weight is 166 g/mol. The topological polar surface area (TPSA) is 56.7 Å². The van der Waals surface area contributed by atoms with Crippen LogP contribution in [0.1, 0.15) is 37.5 Å². The van der Waals surface area contributed by atoms with Gasteiger partial charge in [0, 0.05) is 12.5 Å². The first-order valence-electron chi connectivity index (χ1n) is 4.49. The monoisotopic (exact) mass is 166 g/mol. The second-order valence-corrected chi connectivity index (χ2v) is 3.19. The summed E-state index contributed by atoms with van der Waals surface area (Å²) in [5, 5.41) is 8.15. The van der Waals surface area contributed by atoms with Gasteiger partial charge >= 0.3 is 0 Å². The van der Waals surface area contributed by atoms with Gasteiger partial charge in [-0.25, -0.2) is 0 Å². The Morgan fingerprint density at radius 3 is 2.58 bits per heavy atom. The first-order chi connectivity index (χ1) is 5.86. The van der Waals surface area contributed by atoms with Gasteiger partial charge in [-0.1, -0.05) is 6.92 Å². The third-order valence-electron chi connectivity index (χ3n) is 2.25. The predicted molar refractivity (Wildman–Crippen MR) is 45.6 cm³/mol. The minimum absolute atomic E-state index is 0.503. The Bertz CT molecular complexity index is 253. The second kappa shape index (κ2) is 2.86. The molecule has 0 saturated heterocycles. The van der Waals surface area contributed by atoms with Crippen LogP contribution >= 0.6 is 0 Å². The minimum Gasteiger partial charge on any atom is -0.324 e. The lowest BCUT2D eigenvalue weighted by Gasteiger charge is -2.05. The summed E-state index contributed by atoms with van der Waals surface area (Å²) in [7, 11) is 0. The van der Waals surface area contributed by atoms with Crippen LogP contribution in [0.2, 0.25) is 0 Å². The number of nitrogens with two attached hydrogens (primary N) is 1. The average Bonchev–Trinajstić information content (AvgIpc) is 2.85. The van der Waals surface area contributed by atoms with Crippen LogP contribution in [0.3, 0.4) is 0 Å². The highest BCUT2D eigenvalue weighted by atomic mass is 15.3. The summed E-state index contributed by atoms with van der Waals surface area (Å²) >= 11 is 0. The summed E-state index contributed by atoms with van der Waals surface area (Å²) in [6, 6.07) is 0.647. The van der Waals surface area contributed by atoms with Gasteiger partial charge in [-0.2, -0.15) is 0 Å². The first-order valence-corrected chi connectivity index (χ1v) is 4.49. The Labute approximate surface area is 71.8 Å². The maximum Gasteiger partial charge on any atom is 0.147 e. The van der Waals surface area contributed by atoms with E-state index in [-0.39, 0.29) is 0 Å². The van der Waals surface area contributed by atoms with Gasteiger partial charge in [-0.05, 0) is 12.8 Å². The van der Waals surface area contributed by atoms with Gasteiger partial charge in [0.15, 0.2) is 0 Å². The zero-order valence-electron chi connectivity index (χ0n) is 7.32. The molecule has 4 heteroatoms. The number of rotatable bonds is 3. The Hall–Kier alpha value is -0.900. The van der Waals surface area contributed by atoms with Crippen molar-refractivity contribution in [2.75, 3.05) is 0 Å². The van der Waals surface area contributed by atoms with Crippen molar-refractivity contribution in [3.8, 4) is 0 Å². The predicted octanol–water partition coefficient (Wildman–Crippen LogP) is 0.634. The van der Waals surface area contributed by atoms with Crippen LogP contribution in [0.15, 0.2) is 0 Å². The van der Waals surface area contributed by atoms with Crippen molar-refractivity contribution in [2.24, 2.45) is 5.73 Å². The molecule has 0 amide bonds. The van der Waals surface area contributed by atoms with Crippen LogP contribution in [0.25, 0.3) is 0 Å². The molecule has 1 fully saturated rings. The molecule has 1 aliphatic carbocycles. The van der Waals surface area contributed by atoms with Gasteiger partial charge in [0.25, 0.3) is 0 Å². The third kappa shape index (κ3) is 1.12. The molecule has 2 N–H and O–H groups in total. The van der Waals surface area contributed by atoms with Crippen molar-refractivity contribution in [1.82, 2.24) is 14.8 Å². The molecule has 2 rings (SSSR count). The molecule has 0 spiro atoms. The normalized spacial score (nSPS) is 16.8. The Balaban J connectivity index is 2.36. The van der Waals surface area contributed by atoms with E-state index in [1.54, 1.807) is 0 Å². The summed E-state index contributed by atoms with van der Waals surface area (Å²) in [4.78, 5) is 0. The molecule has 4 nitrogen and oxygen atoms in total. The number of nitrogens with zero attached hydrogens (tertiary/aromatic N) is 3. The fourth-order valence-corrected chi connectivity index (χ4v) is 1.50. The zero-order chi connectivity index (χ0) is 8.55. The Morgan fingerprint density at radius 2 is 2.08 bits per heavy atom. The summed E-state index contributed by atoms with van der Waals surface area (Å²) in [5.41, 5.74) is 5.56. The molecule has 1 aromatic rings. The second-order valence-electron chi connectivity index (χ2n) is 3.19. The summed E-state index contributed by atoms with van der Waals surface area (Å²) in [6.45, 7) is 2.60. The highest BCUT2D eigenvalue weighted by Crippen LogP contribution is 2.36. The lowest BCUT2D eigenvalue weighted by molar-refractivity contribution is 0.648. The molecule has 0 radical (unpaired) electrons. The van der Waals surface area contributed by atoms with E-state index in [0.717, 1.165) is 18.1 Å². The van der Waals surface area contributed by atoms with Crippen LogP contribution in [-0.4, -0.2) is 14.8 Å². The number of hydrogen-bond acceptors (Lipinski definition) is 3. The van der Waals surface area contributed by atoms with Gasteiger partial charge in [0.2, 0.25) is 0 Å². The summed E-state index contributed by atoms with van der Waals surface area (Å²) in [5.74, 6) is 2.02. The van der Waals surface area contributed by atoms with Gasteiger partial charge in [0.05, 0.1) is 6.54 Å². The number of aromatic nitrogens is 3. The maximum atomic E-state index is 5.56. The summed E-state index contributed by atoms with van der Waals surface area (Å²) < 4.78 is 2.21. The molecule has 66 valence electrons. The van der Waals surface area contributed by atoms with E-state index in [1.807, 2.05) is 0 Å². The molecule has 0 aromatic carbocycles. The SMILES string of the molecule is CCc1nnc(CN)n1C1CC1. The summed E-state index contributed by atoms with van der Waals surface area (Å²) in [6.07, 6.45) is 3.47. The van der Waals surface area contributed by atoms with Crippen molar-refractivity contribution in [3.05, 3.63) is 11.6 Å². The maximum absolute atomic E-state index is 5.56. The first kappa shape index (κ1) is 7.73. The van der Waals surface area contributed by atoms with Crippen molar-refractivity contribution in [1.29, 1.82) is 0 Å². The molecule has 1 heterocycles. The molecule has 0 atom stereocenters. The fraction of sp³-hybridized carbons (Fsp3) is 0.750. The third-order valence-corrected chi connectivity index (χ3v) is 2.25. The van der Waals surface area contributed by atoms with Crippen LogP contribution < -0.4 is 5.73 Å². The van der Waals surface area contributed by atoms with E-state index < -0.39 is 0 Å². The van der Waals surface area contributed by atoms with Crippen molar-refractivity contribution in [3.63, 3.8) is 0 Å². The van der Waals surface area contributed by atoms with E-state index in [0.29, 0.717) is 12.6 Å². The number of hydrogen-bond donors (Lipinski definition) is 1. The van der Waals surface area contributed by atoms with Gasteiger partial charge in [-0.3, -0.25) is 0 Å². The molecule has 1 aromatic heterocycles. The Kier molecular flexibility index (Phi) is 1.84. The van der Waals surface area contributed by atoms with Crippen LogP contribution in [-0.2, 0) is 13.0 Å². The molecule has 0 aliphatic heterocycles. The smallest absolute Gasteiger partial charge is 0.147 e. The largest absolute Gasteiger partial charge is 0.324 e. The minimum atomic E-state index is 0.503. The van der Waals surface area contributed by atoms with Gasteiger partial charge in [-0.15, -0.1) is 10.2 Å². The van der Waals surface area contributed by atoms with Gasteiger partial charge < -0.3 is 10.3 Å². The van der Waals surface area contributed by atoms with E-state index in [4.69, 9.17) is 5.73 Å². The van der Waals surface area contributed by atoms with Crippen LogP contribution in [0, 0.1) is 0 Å². The molecular weight excluding hydrogens is 152 g/mol.